The first-order valence-electron chi connectivity index (χ1n) is 6.12. The summed E-state index contributed by atoms with van der Waals surface area (Å²) in [6.45, 7) is 2.11. The van der Waals surface area contributed by atoms with Crippen LogP contribution < -0.4 is 5.32 Å². The predicted octanol–water partition coefficient (Wildman–Crippen LogP) is 0.0231. The number of ether oxygens (including phenoxy) is 1. The molecule has 1 amide bonds. The lowest BCUT2D eigenvalue weighted by atomic mass is 10.2. The molecule has 1 atom stereocenters. The van der Waals surface area contributed by atoms with Crippen molar-refractivity contribution in [2.75, 3.05) is 18.9 Å². The number of carbonyl (C=O) groups is 2. The summed E-state index contributed by atoms with van der Waals surface area (Å²) in [7, 11) is -3.31. The minimum Gasteiger partial charge on any atom is -0.466 e. The van der Waals surface area contributed by atoms with Gasteiger partial charge < -0.3 is 10.1 Å². The molecule has 0 aromatic heterocycles. The molecule has 1 rings (SSSR count). The normalized spacial score (nSPS) is 22.2. The van der Waals surface area contributed by atoms with Crippen LogP contribution in [-0.2, 0) is 24.2 Å². The van der Waals surface area contributed by atoms with Crippen LogP contribution in [0.2, 0.25) is 0 Å². The summed E-state index contributed by atoms with van der Waals surface area (Å²) >= 11 is 0. The topological polar surface area (TPSA) is 89.5 Å². The van der Waals surface area contributed by atoms with Crippen molar-refractivity contribution in [2.45, 2.75) is 37.9 Å². The first-order chi connectivity index (χ1) is 8.47. The number of carbonyl (C=O) groups excluding carboxylic acids is 2. The minimum absolute atomic E-state index is 0.0619. The molecule has 6 nitrogen and oxygen atoms in total. The highest BCUT2D eigenvalue weighted by Crippen LogP contribution is 2.19. The quantitative estimate of drug-likeness (QED) is 0.716. The molecule has 0 bridgehead atoms. The second kappa shape index (κ2) is 6.72. The molecule has 1 heterocycles. The van der Waals surface area contributed by atoms with Gasteiger partial charge in [-0.1, -0.05) is 6.42 Å². The molecule has 0 aliphatic carbocycles. The first kappa shape index (κ1) is 14.9. The zero-order valence-electron chi connectivity index (χ0n) is 10.5. The highest BCUT2D eigenvalue weighted by atomic mass is 32.2. The van der Waals surface area contributed by atoms with Gasteiger partial charge in [-0.3, -0.25) is 9.59 Å². The van der Waals surface area contributed by atoms with Gasteiger partial charge in [0.15, 0.2) is 9.84 Å². The van der Waals surface area contributed by atoms with Crippen LogP contribution in [-0.4, -0.2) is 44.4 Å². The molecule has 1 N–H and O–H groups in total. The molecule has 1 aliphatic heterocycles. The van der Waals surface area contributed by atoms with E-state index in [0.29, 0.717) is 19.4 Å². The van der Waals surface area contributed by atoms with Gasteiger partial charge in [0.2, 0.25) is 5.91 Å². The van der Waals surface area contributed by atoms with E-state index in [9.17, 15) is 18.0 Å². The molecule has 0 saturated carbocycles. The van der Waals surface area contributed by atoms with Crippen molar-refractivity contribution in [3.05, 3.63) is 0 Å². The molecular weight excluding hydrogens is 258 g/mol. The van der Waals surface area contributed by atoms with Gasteiger partial charge >= 0.3 is 5.97 Å². The van der Waals surface area contributed by atoms with Crippen LogP contribution in [0.1, 0.15) is 32.6 Å². The Morgan fingerprint density at radius 1 is 1.33 bits per heavy atom. The Labute approximate surface area is 107 Å². The van der Waals surface area contributed by atoms with Crippen LogP contribution in [0.5, 0.6) is 0 Å². The standard InChI is InChI=1S/C11H19NO5S/c1-2-17-10(13)6-7-12-11(14)9-5-3-4-8-18(9,15)16/h9H,2-8H2,1H3,(H,12,14). The molecular formula is C11H19NO5S. The zero-order valence-corrected chi connectivity index (χ0v) is 11.3. The summed E-state index contributed by atoms with van der Waals surface area (Å²) in [6.07, 6.45) is 1.80. The predicted molar refractivity (Wildman–Crippen MR) is 65.7 cm³/mol. The van der Waals surface area contributed by atoms with E-state index in [0.717, 1.165) is 6.42 Å². The Kier molecular flexibility index (Phi) is 5.58. The molecule has 0 aromatic carbocycles. The lowest BCUT2D eigenvalue weighted by Crippen LogP contribution is -2.43. The Hall–Kier alpha value is -1.11. The van der Waals surface area contributed by atoms with E-state index >= 15 is 0 Å². The van der Waals surface area contributed by atoms with E-state index in [2.05, 4.69) is 5.32 Å². The lowest BCUT2D eigenvalue weighted by Gasteiger charge is -2.21. The van der Waals surface area contributed by atoms with Gasteiger partial charge in [0.25, 0.3) is 0 Å². The summed E-state index contributed by atoms with van der Waals surface area (Å²) < 4.78 is 28.0. The molecule has 18 heavy (non-hydrogen) atoms. The average molecular weight is 277 g/mol. The number of hydrogen-bond acceptors (Lipinski definition) is 5. The van der Waals surface area contributed by atoms with Crippen molar-refractivity contribution in [3.8, 4) is 0 Å². The number of rotatable bonds is 5. The third-order valence-electron chi connectivity index (χ3n) is 2.80. The van der Waals surface area contributed by atoms with Crippen molar-refractivity contribution >= 4 is 21.7 Å². The van der Waals surface area contributed by atoms with Crippen molar-refractivity contribution in [1.29, 1.82) is 0 Å². The van der Waals surface area contributed by atoms with Gasteiger partial charge in [0, 0.05) is 6.54 Å². The van der Waals surface area contributed by atoms with Gasteiger partial charge in [0.1, 0.15) is 5.25 Å². The first-order valence-corrected chi connectivity index (χ1v) is 7.84. The molecule has 1 fully saturated rings. The zero-order chi connectivity index (χ0) is 13.6. The number of sulfone groups is 1. The van der Waals surface area contributed by atoms with Gasteiger partial charge in [0.05, 0.1) is 18.8 Å². The fourth-order valence-electron chi connectivity index (χ4n) is 1.88. The summed E-state index contributed by atoms with van der Waals surface area (Å²) in [5, 5.41) is 1.53. The second-order valence-corrected chi connectivity index (χ2v) is 6.50. The monoisotopic (exact) mass is 277 g/mol. The highest BCUT2D eigenvalue weighted by molar-refractivity contribution is 7.92. The number of hydrogen-bond donors (Lipinski definition) is 1. The maximum Gasteiger partial charge on any atom is 0.307 e. The van der Waals surface area contributed by atoms with Crippen molar-refractivity contribution in [2.24, 2.45) is 0 Å². The van der Waals surface area contributed by atoms with Crippen LogP contribution in [0.25, 0.3) is 0 Å². The number of nitrogens with one attached hydrogen (secondary N) is 1. The minimum atomic E-state index is -3.31. The maximum absolute atomic E-state index is 11.7. The van der Waals surface area contributed by atoms with Crippen LogP contribution in [0, 0.1) is 0 Å². The smallest absolute Gasteiger partial charge is 0.307 e. The average Bonchev–Trinajstić information content (AvgIpc) is 2.28. The van der Waals surface area contributed by atoms with Gasteiger partial charge in [-0.15, -0.1) is 0 Å². The molecule has 1 saturated heterocycles. The summed E-state index contributed by atoms with van der Waals surface area (Å²) in [6, 6.07) is 0. The van der Waals surface area contributed by atoms with Gasteiger partial charge in [-0.25, -0.2) is 8.42 Å². The summed E-state index contributed by atoms with van der Waals surface area (Å²) in [5.74, 6) is -0.827. The van der Waals surface area contributed by atoms with E-state index in [1.54, 1.807) is 6.92 Å². The van der Waals surface area contributed by atoms with E-state index < -0.39 is 27.0 Å². The van der Waals surface area contributed by atoms with E-state index in [1.807, 2.05) is 0 Å². The summed E-state index contributed by atoms with van der Waals surface area (Å²) in [4.78, 5) is 22.7. The largest absolute Gasteiger partial charge is 0.466 e. The molecule has 7 heteroatoms. The number of amides is 1. The van der Waals surface area contributed by atoms with Crippen molar-refractivity contribution in [3.63, 3.8) is 0 Å². The van der Waals surface area contributed by atoms with Crippen molar-refractivity contribution in [1.82, 2.24) is 5.32 Å². The molecule has 0 aromatic rings. The van der Waals surface area contributed by atoms with Crippen LogP contribution in [0.3, 0.4) is 0 Å². The van der Waals surface area contributed by atoms with Crippen LogP contribution in [0.4, 0.5) is 0 Å². The molecule has 1 aliphatic rings. The van der Waals surface area contributed by atoms with Gasteiger partial charge in [-0.2, -0.15) is 0 Å². The highest BCUT2D eigenvalue weighted by Gasteiger charge is 2.34. The Morgan fingerprint density at radius 3 is 2.67 bits per heavy atom. The fraction of sp³-hybridized carbons (Fsp3) is 0.818. The molecule has 0 radical (unpaired) electrons. The molecule has 104 valence electrons. The van der Waals surface area contributed by atoms with Crippen molar-refractivity contribution < 1.29 is 22.7 Å². The molecule has 0 spiro atoms. The van der Waals surface area contributed by atoms with Crippen LogP contribution >= 0.6 is 0 Å². The van der Waals surface area contributed by atoms with Gasteiger partial charge in [-0.05, 0) is 19.8 Å². The fourth-order valence-corrected chi connectivity index (χ4v) is 3.71. The Bertz CT molecular complexity index is 404. The lowest BCUT2D eigenvalue weighted by molar-refractivity contribution is -0.143. The molecule has 1 unspecified atom stereocenters. The number of esters is 1. The maximum atomic E-state index is 11.7. The third kappa shape index (κ3) is 4.29. The van der Waals surface area contributed by atoms with E-state index in [-0.39, 0.29) is 18.7 Å². The third-order valence-corrected chi connectivity index (χ3v) is 4.98. The van der Waals surface area contributed by atoms with Crippen LogP contribution in [0.15, 0.2) is 0 Å². The SMILES string of the molecule is CCOC(=O)CCNC(=O)C1CCCCS1(=O)=O. The Balaban J connectivity index is 2.38. The summed E-state index contributed by atoms with van der Waals surface area (Å²) in [5.41, 5.74) is 0. The Morgan fingerprint density at radius 2 is 2.06 bits per heavy atom. The van der Waals surface area contributed by atoms with E-state index in [4.69, 9.17) is 4.74 Å². The van der Waals surface area contributed by atoms with E-state index in [1.165, 1.54) is 0 Å². The second-order valence-electron chi connectivity index (χ2n) is 4.20.